The quantitative estimate of drug-likeness (QED) is 0.298. The van der Waals surface area contributed by atoms with Crippen molar-refractivity contribution in [1.82, 2.24) is 0 Å². The lowest BCUT2D eigenvalue weighted by molar-refractivity contribution is -0.672. The zero-order valence-corrected chi connectivity index (χ0v) is 12.5. The molecule has 0 fully saturated rings. The van der Waals surface area contributed by atoms with Gasteiger partial charge in [-0.2, -0.15) is 4.57 Å². The van der Waals surface area contributed by atoms with Crippen LogP contribution in [-0.4, -0.2) is 12.8 Å². The Morgan fingerprint density at radius 1 is 1.06 bits per heavy atom. The Hall–Kier alpha value is -1.43. The first-order valence-electron chi connectivity index (χ1n) is 5.44. The molecule has 18 heavy (non-hydrogen) atoms. The smallest absolute Gasteiger partial charge is 0.234 e. The van der Waals surface area contributed by atoms with E-state index in [4.69, 9.17) is 4.84 Å². The van der Waals surface area contributed by atoms with Gasteiger partial charge in [-0.05, 0) is 6.07 Å². The molecule has 1 heterocycles. The second-order valence-electron chi connectivity index (χ2n) is 3.69. The summed E-state index contributed by atoms with van der Waals surface area (Å²) in [4.78, 5) is 4.94. The molecule has 0 unspecified atom stereocenters. The third-order valence-electron chi connectivity index (χ3n) is 2.53. The molecule has 0 N–H and O–H groups in total. The first kappa shape index (κ1) is 14.6. The minimum absolute atomic E-state index is 0. The van der Waals surface area contributed by atoms with Crippen LogP contribution < -0.4 is 28.5 Å². The van der Waals surface area contributed by atoms with E-state index in [1.165, 1.54) is 0 Å². The Labute approximate surface area is 124 Å². The van der Waals surface area contributed by atoms with Crippen molar-refractivity contribution in [3.63, 3.8) is 0 Å². The Morgan fingerprint density at radius 3 is 2.33 bits per heavy atom. The van der Waals surface area contributed by atoms with Gasteiger partial charge in [0.1, 0.15) is 14.2 Å². The fourth-order valence-corrected chi connectivity index (χ4v) is 1.70. The van der Waals surface area contributed by atoms with Crippen LogP contribution in [0.25, 0.3) is 0 Å². The topological polar surface area (TPSA) is 25.5 Å². The normalized spacial score (nSPS) is 10.7. The highest BCUT2D eigenvalue weighted by Crippen LogP contribution is 2.07. The van der Waals surface area contributed by atoms with E-state index in [2.05, 4.69) is 5.16 Å². The van der Waals surface area contributed by atoms with Crippen molar-refractivity contribution in [3.8, 4) is 0 Å². The molecule has 0 aliphatic heterocycles. The van der Waals surface area contributed by atoms with Crippen molar-refractivity contribution in [1.29, 1.82) is 0 Å². The van der Waals surface area contributed by atoms with Gasteiger partial charge in [0, 0.05) is 17.7 Å². The summed E-state index contributed by atoms with van der Waals surface area (Å²) in [5.74, 6) is 0. The molecule has 0 aliphatic rings. The molecule has 0 saturated heterocycles. The van der Waals surface area contributed by atoms with Gasteiger partial charge in [0.15, 0.2) is 11.9 Å². The molecule has 4 heteroatoms. The maximum absolute atomic E-state index is 4.94. The van der Waals surface area contributed by atoms with Gasteiger partial charge >= 0.3 is 0 Å². The van der Waals surface area contributed by atoms with Crippen LogP contribution in [0.15, 0.2) is 59.9 Å². The molecule has 1 aromatic carbocycles. The van der Waals surface area contributed by atoms with Crippen molar-refractivity contribution in [3.05, 3.63) is 66.0 Å². The number of hydrogen-bond donors (Lipinski definition) is 0. The van der Waals surface area contributed by atoms with Crippen LogP contribution in [0.1, 0.15) is 11.3 Å². The molecule has 1 aromatic heterocycles. The number of rotatable bonds is 3. The van der Waals surface area contributed by atoms with Crippen LogP contribution >= 0.6 is 0 Å². The lowest BCUT2D eigenvalue weighted by Gasteiger charge is -2.03. The minimum Gasteiger partial charge on any atom is -1.00 e. The number of aromatic nitrogens is 1. The minimum atomic E-state index is 0. The van der Waals surface area contributed by atoms with Gasteiger partial charge in [-0.1, -0.05) is 35.5 Å². The Kier molecular flexibility index (Phi) is 5.77. The summed E-state index contributed by atoms with van der Waals surface area (Å²) in [6.45, 7) is 0. The average Bonchev–Trinajstić information content (AvgIpc) is 2.38. The highest BCUT2D eigenvalue weighted by atomic mass is 127. The van der Waals surface area contributed by atoms with Crippen molar-refractivity contribution in [2.75, 3.05) is 7.11 Å². The molecule has 0 aliphatic carbocycles. The number of benzene rings is 1. The SMILES string of the molecule is CO/N=C(/c1ccccc1)c1cccc[n+]1C.[I-]. The highest BCUT2D eigenvalue weighted by Gasteiger charge is 2.16. The second-order valence-corrected chi connectivity index (χ2v) is 3.69. The van der Waals surface area contributed by atoms with E-state index in [9.17, 15) is 0 Å². The van der Waals surface area contributed by atoms with E-state index >= 15 is 0 Å². The number of pyridine rings is 1. The molecular weight excluding hydrogens is 339 g/mol. The third-order valence-corrected chi connectivity index (χ3v) is 2.53. The maximum Gasteiger partial charge on any atom is 0.234 e. The molecule has 0 saturated carbocycles. The first-order valence-corrected chi connectivity index (χ1v) is 5.44. The van der Waals surface area contributed by atoms with Gasteiger partial charge in [-0.25, -0.2) is 0 Å². The Bertz CT molecular complexity index is 526. The van der Waals surface area contributed by atoms with Crippen LogP contribution in [0, 0.1) is 0 Å². The lowest BCUT2D eigenvalue weighted by Crippen LogP contribution is -3.00. The van der Waals surface area contributed by atoms with Gasteiger partial charge in [-0.3, -0.25) is 0 Å². The standard InChI is InChI=1S/C14H15N2O.HI/c1-16-11-7-6-10-13(16)14(15-17-2)12-8-4-3-5-9-12;/h3-11H,1-2H3;1H/q+1;/p-1/b15-14-;. The van der Waals surface area contributed by atoms with E-state index in [-0.39, 0.29) is 24.0 Å². The molecule has 94 valence electrons. The number of hydrogen-bond acceptors (Lipinski definition) is 2. The summed E-state index contributed by atoms with van der Waals surface area (Å²) in [6, 6.07) is 16.0. The van der Waals surface area contributed by atoms with Crippen LogP contribution in [-0.2, 0) is 11.9 Å². The van der Waals surface area contributed by atoms with E-state index in [0.29, 0.717) is 0 Å². The zero-order chi connectivity index (χ0) is 12.1. The molecular formula is C14H15IN2O. The van der Waals surface area contributed by atoms with Crippen LogP contribution in [0.3, 0.4) is 0 Å². The monoisotopic (exact) mass is 354 g/mol. The number of oxime groups is 1. The van der Waals surface area contributed by atoms with Gasteiger partial charge < -0.3 is 28.8 Å². The van der Waals surface area contributed by atoms with Crippen LogP contribution in [0.4, 0.5) is 0 Å². The summed E-state index contributed by atoms with van der Waals surface area (Å²) in [5.41, 5.74) is 2.88. The molecule has 0 amide bonds. The van der Waals surface area contributed by atoms with E-state index in [1.807, 2.05) is 66.3 Å². The van der Waals surface area contributed by atoms with Crippen LogP contribution in [0.2, 0.25) is 0 Å². The summed E-state index contributed by atoms with van der Waals surface area (Å²) < 4.78 is 2.02. The summed E-state index contributed by atoms with van der Waals surface area (Å²) in [6.07, 6.45) is 1.99. The van der Waals surface area contributed by atoms with Gasteiger partial charge in [0.2, 0.25) is 5.69 Å². The van der Waals surface area contributed by atoms with Crippen LogP contribution in [0.5, 0.6) is 0 Å². The average molecular weight is 354 g/mol. The molecule has 0 atom stereocenters. The predicted molar refractivity (Wildman–Crippen MR) is 66.7 cm³/mol. The second kappa shape index (κ2) is 7.10. The van der Waals surface area contributed by atoms with E-state index in [1.54, 1.807) is 7.11 Å². The molecule has 3 nitrogen and oxygen atoms in total. The third kappa shape index (κ3) is 3.29. The molecule has 0 spiro atoms. The zero-order valence-electron chi connectivity index (χ0n) is 10.4. The summed E-state index contributed by atoms with van der Waals surface area (Å²) >= 11 is 0. The summed E-state index contributed by atoms with van der Waals surface area (Å²) in [7, 11) is 3.55. The Morgan fingerprint density at radius 2 is 1.72 bits per heavy atom. The van der Waals surface area contributed by atoms with Gasteiger partial charge in [-0.15, -0.1) is 0 Å². The number of aryl methyl sites for hydroxylation is 1. The van der Waals surface area contributed by atoms with Gasteiger partial charge in [0.05, 0.1) is 0 Å². The Balaban J connectivity index is 0.00000162. The largest absolute Gasteiger partial charge is 1.00 e. The fraction of sp³-hybridized carbons (Fsp3) is 0.143. The summed E-state index contributed by atoms with van der Waals surface area (Å²) in [5, 5.41) is 4.12. The fourth-order valence-electron chi connectivity index (χ4n) is 1.70. The molecule has 0 radical (unpaired) electrons. The van der Waals surface area contributed by atoms with Crippen molar-refractivity contribution >= 4 is 5.71 Å². The molecule has 2 rings (SSSR count). The number of nitrogens with zero attached hydrogens (tertiary/aromatic N) is 2. The number of halogens is 1. The molecule has 0 bridgehead atoms. The van der Waals surface area contributed by atoms with Crippen molar-refractivity contribution in [2.45, 2.75) is 0 Å². The van der Waals surface area contributed by atoms with Crippen molar-refractivity contribution < 1.29 is 33.4 Å². The predicted octanol–water partition coefficient (Wildman–Crippen LogP) is -1.09. The van der Waals surface area contributed by atoms with Crippen molar-refractivity contribution in [2.24, 2.45) is 12.2 Å². The maximum atomic E-state index is 4.94. The van der Waals surface area contributed by atoms with E-state index < -0.39 is 0 Å². The first-order chi connectivity index (χ1) is 8.33. The lowest BCUT2D eigenvalue weighted by atomic mass is 10.1. The highest BCUT2D eigenvalue weighted by molar-refractivity contribution is 6.10. The molecule has 2 aromatic rings. The van der Waals surface area contributed by atoms with E-state index in [0.717, 1.165) is 17.0 Å². The van der Waals surface area contributed by atoms with Gasteiger partial charge in [0.25, 0.3) is 0 Å².